The number of hydrogen-bond acceptors (Lipinski definition) is 5. The second-order valence-electron chi connectivity index (χ2n) is 5.46. The topological polar surface area (TPSA) is 80.9 Å². The van der Waals surface area contributed by atoms with E-state index in [9.17, 15) is 4.79 Å². The van der Waals surface area contributed by atoms with Crippen molar-refractivity contribution in [3.05, 3.63) is 44.8 Å². The predicted octanol–water partition coefficient (Wildman–Crippen LogP) is 1.58. The average molecular weight is 422 g/mol. The van der Waals surface area contributed by atoms with E-state index in [4.69, 9.17) is 0 Å². The van der Waals surface area contributed by atoms with E-state index in [0.29, 0.717) is 0 Å². The van der Waals surface area contributed by atoms with Gasteiger partial charge in [0.15, 0.2) is 0 Å². The largest absolute Gasteiger partial charge is 0.367 e. The third-order valence-electron chi connectivity index (χ3n) is 4.08. The van der Waals surface area contributed by atoms with Crippen LogP contribution in [0.1, 0.15) is 0 Å². The minimum Gasteiger partial charge on any atom is -0.367 e. The average Bonchev–Trinajstić information content (AvgIpc) is 2.96. The lowest BCUT2D eigenvalue weighted by Gasteiger charge is -2.36. The van der Waals surface area contributed by atoms with Gasteiger partial charge in [-0.1, -0.05) is 0 Å². The minimum atomic E-state index is -0.0715. The molecule has 23 heavy (non-hydrogen) atoms. The number of aromatic nitrogens is 4. The molecular formula is C15H15IN6O. The summed E-state index contributed by atoms with van der Waals surface area (Å²) in [5.74, 6) is 0.982. The van der Waals surface area contributed by atoms with Crippen LogP contribution in [0, 0.1) is 3.70 Å². The number of H-pyrrole nitrogens is 2. The maximum atomic E-state index is 11.2. The Morgan fingerprint density at radius 3 is 2.61 bits per heavy atom. The zero-order valence-electron chi connectivity index (χ0n) is 12.3. The van der Waals surface area contributed by atoms with Gasteiger partial charge in [-0.05, 0) is 34.7 Å². The summed E-state index contributed by atoms with van der Waals surface area (Å²) >= 11 is 2.25. The van der Waals surface area contributed by atoms with Gasteiger partial charge >= 0.3 is 0 Å². The van der Waals surface area contributed by atoms with Crippen LogP contribution in [0.5, 0.6) is 0 Å². The van der Waals surface area contributed by atoms with Crippen LogP contribution in [0.4, 0.5) is 11.5 Å². The van der Waals surface area contributed by atoms with Crippen molar-refractivity contribution < 1.29 is 0 Å². The molecular weight excluding hydrogens is 407 g/mol. The molecule has 0 saturated carbocycles. The number of halogens is 1. The quantitative estimate of drug-likeness (QED) is 0.614. The normalized spacial score (nSPS) is 15.3. The van der Waals surface area contributed by atoms with E-state index in [1.54, 1.807) is 18.6 Å². The van der Waals surface area contributed by atoms with Gasteiger partial charge < -0.3 is 19.8 Å². The Hall–Kier alpha value is -2.10. The molecule has 0 amide bonds. The summed E-state index contributed by atoms with van der Waals surface area (Å²) < 4.78 is 1.06. The van der Waals surface area contributed by atoms with E-state index in [1.807, 2.05) is 6.07 Å². The Bertz CT molecular complexity index is 876. The molecule has 0 spiro atoms. The van der Waals surface area contributed by atoms with Gasteiger partial charge in [0.2, 0.25) is 5.56 Å². The fraction of sp³-hybridized carbons (Fsp3) is 0.267. The van der Waals surface area contributed by atoms with Gasteiger partial charge in [0, 0.05) is 38.4 Å². The first-order chi connectivity index (χ1) is 11.2. The van der Waals surface area contributed by atoms with Crippen LogP contribution in [0.15, 0.2) is 35.5 Å². The monoisotopic (exact) mass is 422 g/mol. The first-order valence-electron chi connectivity index (χ1n) is 7.38. The highest BCUT2D eigenvalue weighted by Gasteiger charge is 2.20. The highest BCUT2D eigenvalue weighted by Crippen LogP contribution is 2.26. The molecule has 0 radical (unpaired) electrons. The fourth-order valence-electron chi connectivity index (χ4n) is 2.92. The van der Waals surface area contributed by atoms with Crippen molar-refractivity contribution in [1.82, 2.24) is 19.9 Å². The number of nitrogens with zero attached hydrogens (tertiary/aromatic N) is 4. The lowest BCUT2D eigenvalue weighted by molar-refractivity contribution is 0.648. The first-order valence-corrected chi connectivity index (χ1v) is 8.46. The molecule has 1 fully saturated rings. The second kappa shape index (κ2) is 5.84. The standard InChI is InChI=1S/C15H15IN6O/c16-12-7-11-14(20-12)18-9-19-15(11)22-5-3-21(4-6-22)10-1-2-13(23)17-8-10/h1-2,7-9H,3-6H2,(H,17,23)(H,18,19,20). The van der Waals surface area contributed by atoms with Crippen LogP contribution in [0.2, 0.25) is 0 Å². The molecule has 4 heterocycles. The molecule has 0 unspecified atom stereocenters. The molecule has 3 aromatic heterocycles. The molecule has 0 aliphatic carbocycles. The molecule has 118 valence electrons. The molecule has 1 aliphatic rings. The number of piperazine rings is 1. The van der Waals surface area contributed by atoms with Gasteiger partial charge in [0.05, 0.1) is 14.8 Å². The number of aromatic amines is 2. The maximum absolute atomic E-state index is 11.2. The van der Waals surface area contributed by atoms with Crippen molar-refractivity contribution in [2.24, 2.45) is 0 Å². The number of nitrogens with one attached hydrogen (secondary N) is 2. The van der Waals surface area contributed by atoms with Crippen LogP contribution in [0.25, 0.3) is 11.0 Å². The van der Waals surface area contributed by atoms with Crippen molar-refractivity contribution in [3.63, 3.8) is 0 Å². The molecule has 4 rings (SSSR count). The smallest absolute Gasteiger partial charge is 0.248 e. The van der Waals surface area contributed by atoms with Gasteiger partial charge in [-0.2, -0.15) is 0 Å². The molecule has 2 N–H and O–H groups in total. The van der Waals surface area contributed by atoms with Gasteiger partial charge in [-0.25, -0.2) is 9.97 Å². The summed E-state index contributed by atoms with van der Waals surface area (Å²) in [6.07, 6.45) is 3.38. The summed E-state index contributed by atoms with van der Waals surface area (Å²) in [7, 11) is 0. The molecule has 8 heteroatoms. The Morgan fingerprint density at radius 1 is 1.09 bits per heavy atom. The fourth-order valence-corrected chi connectivity index (χ4v) is 3.49. The SMILES string of the molecule is O=c1ccc(N2CCN(c3ncnc4[nH]c(I)cc34)CC2)c[nH]1. The molecule has 0 atom stereocenters. The third-order valence-corrected chi connectivity index (χ3v) is 4.66. The zero-order chi connectivity index (χ0) is 15.8. The highest BCUT2D eigenvalue weighted by atomic mass is 127. The maximum Gasteiger partial charge on any atom is 0.248 e. The highest BCUT2D eigenvalue weighted by molar-refractivity contribution is 14.1. The molecule has 3 aromatic rings. The lowest BCUT2D eigenvalue weighted by Crippen LogP contribution is -2.47. The zero-order valence-corrected chi connectivity index (χ0v) is 14.4. The van der Waals surface area contributed by atoms with Crippen molar-refractivity contribution in [2.75, 3.05) is 36.0 Å². The van der Waals surface area contributed by atoms with E-state index in [1.165, 1.54) is 0 Å². The second-order valence-corrected chi connectivity index (χ2v) is 6.62. The number of fused-ring (bicyclic) bond motifs is 1. The van der Waals surface area contributed by atoms with Crippen LogP contribution in [-0.2, 0) is 0 Å². The number of pyridine rings is 1. The van der Waals surface area contributed by atoms with Gasteiger partial charge in [0.1, 0.15) is 17.8 Å². The number of anilines is 2. The third kappa shape index (κ3) is 2.78. The molecule has 7 nitrogen and oxygen atoms in total. The van der Waals surface area contributed by atoms with Crippen LogP contribution < -0.4 is 15.4 Å². The summed E-state index contributed by atoms with van der Waals surface area (Å²) in [5.41, 5.74) is 1.86. The van der Waals surface area contributed by atoms with Crippen molar-refractivity contribution >= 4 is 45.1 Å². The Labute approximate surface area is 145 Å². The van der Waals surface area contributed by atoms with E-state index >= 15 is 0 Å². The van der Waals surface area contributed by atoms with Crippen molar-refractivity contribution in [2.45, 2.75) is 0 Å². The Morgan fingerprint density at radius 2 is 1.87 bits per heavy atom. The van der Waals surface area contributed by atoms with Crippen molar-refractivity contribution in [3.8, 4) is 0 Å². The van der Waals surface area contributed by atoms with Crippen LogP contribution in [0.3, 0.4) is 0 Å². The summed E-state index contributed by atoms with van der Waals surface area (Å²) in [4.78, 5) is 30.5. The molecule has 0 aromatic carbocycles. The van der Waals surface area contributed by atoms with E-state index in [0.717, 1.165) is 52.4 Å². The summed E-state index contributed by atoms with van der Waals surface area (Å²) in [6.45, 7) is 3.54. The van der Waals surface area contributed by atoms with Crippen molar-refractivity contribution in [1.29, 1.82) is 0 Å². The Kier molecular flexibility index (Phi) is 3.68. The molecule has 1 aliphatic heterocycles. The van der Waals surface area contributed by atoms with E-state index in [2.05, 4.69) is 58.4 Å². The first kappa shape index (κ1) is 14.5. The van der Waals surface area contributed by atoms with E-state index in [-0.39, 0.29) is 5.56 Å². The van der Waals surface area contributed by atoms with Gasteiger partial charge in [-0.15, -0.1) is 0 Å². The van der Waals surface area contributed by atoms with Gasteiger partial charge in [0.25, 0.3) is 0 Å². The number of hydrogen-bond donors (Lipinski definition) is 2. The predicted molar refractivity (Wildman–Crippen MR) is 98.1 cm³/mol. The van der Waals surface area contributed by atoms with Gasteiger partial charge in [-0.3, -0.25) is 4.79 Å². The van der Waals surface area contributed by atoms with Crippen LogP contribution >= 0.6 is 22.6 Å². The van der Waals surface area contributed by atoms with E-state index < -0.39 is 0 Å². The Balaban J connectivity index is 1.54. The molecule has 1 saturated heterocycles. The summed E-state index contributed by atoms with van der Waals surface area (Å²) in [6, 6.07) is 5.52. The minimum absolute atomic E-state index is 0.0715. The van der Waals surface area contributed by atoms with Crippen LogP contribution in [-0.4, -0.2) is 46.1 Å². The molecule has 0 bridgehead atoms. The lowest BCUT2D eigenvalue weighted by atomic mass is 10.2. The summed E-state index contributed by atoms with van der Waals surface area (Å²) in [5, 5.41) is 1.06. The number of rotatable bonds is 2.